The third-order valence-corrected chi connectivity index (χ3v) is 2.85. The fraction of sp³-hybridized carbons (Fsp3) is 0.700. The highest BCUT2D eigenvalue weighted by atomic mass is 15.4. The van der Waals surface area contributed by atoms with Gasteiger partial charge in [0.25, 0.3) is 0 Å². The second kappa shape index (κ2) is 3.61. The summed E-state index contributed by atoms with van der Waals surface area (Å²) in [5.74, 6) is 1.29. The first-order valence-electron chi connectivity index (χ1n) is 5.28. The van der Waals surface area contributed by atoms with E-state index in [0.29, 0.717) is 0 Å². The van der Waals surface area contributed by atoms with Crippen LogP contribution in [0.5, 0.6) is 0 Å². The van der Waals surface area contributed by atoms with Gasteiger partial charge in [-0.1, -0.05) is 0 Å². The van der Waals surface area contributed by atoms with Gasteiger partial charge in [-0.3, -0.25) is 4.68 Å². The number of hydrogen-bond donors (Lipinski definition) is 1. The molecule has 1 aromatic rings. The van der Waals surface area contributed by atoms with Gasteiger partial charge in [0.15, 0.2) is 0 Å². The van der Waals surface area contributed by atoms with Gasteiger partial charge in [0.2, 0.25) is 0 Å². The fourth-order valence-electron chi connectivity index (χ4n) is 2.16. The van der Waals surface area contributed by atoms with Crippen LogP contribution < -0.4 is 10.2 Å². The fourth-order valence-corrected chi connectivity index (χ4v) is 2.16. The van der Waals surface area contributed by atoms with E-state index in [4.69, 9.17) is 0 Å². The molecule has 2 rings (SSSR count). The lowest BCUT2D eigenvalue weighted by Crippen LogP contribution is -2.25. The number of aryl methyl sites for hydroxylation is 1. The molecule has 1 N–H and O–H groups in total. The quantitative estimate of drug-likeness (QED) is 0.775. The molecule has 0 fully saturated rings. The Balaban J connectivity index is 2.40. The predicted molar refractivity (Wildman–Crippen MR) is 57.3 cm³/mol. The average Bonchev–Trinajstić information content (AvgIpc) is 2.70. The highest BCUT2D eigenvalue weighted by Crippen LogP contribution is 2.26. The first-order valence-corrected chi connectivity index (χ1v) is 5.28. The second-order valence-corrected chi connectivity index (χ2v) is 3.65. The van der Waals surface area contributed by atoms with E-state index in [0.717, 1.165) is 26.2 Å². The number of anilines is 1. The third kappa shape index (κ3) is 1.30. The van der Waals surface area contributed by atoms with Crippen LogP contribution in [0.15, 0.2) is 0 Å². The van der Waals surface area contributed by atoms with E-state index in [9.17, 15) is 0 Å². The van der Waals surface area contributed by atoms with Gasteiger partial charge in [0.1, 0.15) is 5.82 Å². The van der Waals surface area contributed by atoms with Gasteiger partial charge in [-0.05, 0) is 13.8 Å². The van der Waals surface area contributed by atoms with Crippen LogP contribution >= 0.6 is 0 Å². The maximum Gasteiger partial charge on any atom is 0.131 e. The first kappa shape index (κ1) is 9.52. The SMILES string of the molecule is CCN(CC)c1c2c(nn1C)CNC2. The minimum atomic E-state index is 0.921. The number of aromatic nitrogens is 2. The Morgan fingerprint density at radius 2 is 2.07 bits per heavy atom. The molecule has 1 aromatic heterocycles. The molecule has 0 aromatic carbocycles. The summed E-state index contributed by atoms with van der Waals surface area (Å²) < 4.78 is 2.01. The lowest BCUT2D eigenvalue weighted by atomic mass is 10.2. The summed E-state index contributed by atoms with van der Waals surface area (Å²) in [6.45, 7) is 8.35. The minimum absolute atomic E-state index is 0.921. The van der Waals surface area contributed by atoms with Crippen molar-refractivity contribution in [2.24, 2.45) is 7.05 Å². The van der Waals surface area contributed by atoms with Crippen LogP contribution in [0.4, 0.5) is 5.82 Å². The molecule has 0 atom stereocenters. The summed E-state index contributed by atoms with van der Waals surface area (Å²) in [4.78, 5) is 2.36. The van der Waals surface area contributed by atoms with Crippen molar-refractivity contribution >= 4 is 5.82 Å². The smallest absolute Gasteiger partial charge is 0.131 e. The van der Waals surface area contributed by atoms with Crippen molar-refractivity contribution in [1.29, 1.82) is 0 Å². The Morgan fingerprint density at radius 3 is 2.71 bits per heavy atom. The van der Waals surface area contributed by atoms with Gasteiger partial charge in [0, 0.05) is 38.8 Å². The Labute approximate surface area is 84.9 Å². The number of fused-ring (bicyclic) bond motifs is 1. The molecule has 0 unspecified atom stereocenters. The zero-order valence-electron chi connectivity index (χ0n) is 9.17. The first-order chi connectivity index (χ1) is 6.77. The van der Waals surface area contributed by atoms with E-state index in [1.165, 1.54) is 17.1 Å². The van der Waals surface area contributed by atoms with Crippen molar-refractivity contribution in [3.63, 3.8) is 0 Å². The van der Waals surface area contributed by atoms with E-state index in [2.05, 4.69) is 29.2 Å². The molecule has 0 amide bonds. The molecule has 0 radical (unpaired) electrons. The Hall–Kier alpha value is -1.03. The highest BCUT2D eigenvalue weighted by molar-refractivity contribution is 5.51. The number of hydrogen-bond acceptors (Lipinski definition) is 3. The standard InChI is InChI=1S/C10H18N4/c1-4-14(5-2)10-8-6-11-7-9(8)12-13(10)3/h11H,4-7H2,1-3H3. The number of nitrogens with one attached hydrogen (secondary N) is 1. The largest absolute Gasteiger partial charge is 0.357 e. The molecule has 0 saturated heterocycles. The molecule has 4 heteroatoms. The van der Waals surface area contributed by atoms with E-state index < -0.39 is 0 Å². The topological polar surface area (TPSA) is 33.1 Å². The van der Waals surface area contributed by atoms with Gasteiger partial charge in [-0.15, -0.1) is 0 Å². The molecular weight excluding hydrogens is 176 g/mol. The van der Waals surface area contributed by atoms with Crippen LogP contribution in [-0.4, -0.2) is 22.9 Å². The van der Waals surface area contributed by atoms with E-state index in [1.807, 2.05) is 11.7 Å². The summed E-state index contributed by atoms with van der Waals surface area (Å²) in [6.07, 6.45) is 0. The maximum absolute atomic E-state index is 4.52. The van der Waals surface area contributed by atoms with Crippen LogP contribution in [0.1, 0.15) is 25.1 Å². The molecule has 78 valence electrons. The predicted octanol–water partition coefficient (Wildman–Crippen LogP) is 0.869. The normalized spacial score (nSPS) is 14.5. The zero-order valence-corrected chi connectivity index (χ0v) is 9.17. The zero-order chi connectivity index (χ0) is 10.1. The van der Waals surface area contributed by atoms with Gasteiger partial charge < -0.3 is 10.2 Å². The van der Waals surface area contributed by atoms with Gasteiger partial charge in [0.05, 0.1) is 5.69 Å². The van der Waals surface area contributed by atoms with Crippen LogP contribution in [0.25, 0.3) is 0 Å². The maximum atomic E-state index is 4.52. The third-order valence-electron chi connectivity index (χ3n) is 2.85. The Kier molecular flexibility index (Phi) is 2.46. The van der Waals surface area contributed by atoms with E-state index in [-0.39, 0.29) is 0 Å². The summed E-state index contributed by atoms with van der Waals surface area (Å²) >= 11 is 0. The molecule has 0 saturated carbocycles. The molecule has 2 heterocycles. The molecule has 4 nitrogen and oxygen atoms in total. The van der Waals surface area contributed by atoms with Crippen molar-refractivity contribution in [2.45, 2.75) is 26.9 Å². The molecule has 14 heavy (non-hydrogen) atoms. The summed E-state index contributed by atoms with van der Waals surface area (Å²) in [5, 5.41) is 7.86. The molecule has 1 aliphatic heterocycles. The van der Waals surface area contributed by atoms with Crippen LogP contribution in [-0.2, 0) is 20.1 Å². The summed E-state index contributed by atoms with van der Waals surface area (Å²) in [7, 11) is 2.03. The molecule has 0 aliphatic carbocycles. The van der Waals surface area contributed by atoms with Crippen molar-refractivity contribution in [3.8, 4) is 0 Å². The lowest BCUT2D eigenvalue weighted by Gasteiger charge is -2.22. The average molecular weight is 194 g/mol. The lowest BCUT2D eigenvalue weighted by molar-refractivity contribution is 0.668. The van der Waals surface area contributed by atoms with Gasteiger partial charge in [-0.2, -0.15) is 5.10 Å². The molecule has 0 bridgehead atoms. The van der Waals surface area contributed by atoms with E-state index in [1.54, 1.807) is 0 Å². The number of rotatable bonds is 3. The van der Waals surface area contributed by atoms with E-state index >= 15 is 0 Å². The summed E-state index contributed by atoms with van der Waals surface area (Å²) in [6, 6.07) is 0. The van der Waals surface area contributed by atoms with Crippen molar-refractivity contribution in [2.75, 3.05) is 18.0 Å². The van der Waals surface area contributed by atoms with Crippen LogP contribution in [0, 0.1) is 0 Å². The van der Waals surface area contributed by atoms with Crippen LogP contribution in [0.3, 0.4) is 0 Å². The van der Waals surface area contributed by atoms with Gasteiger partial charge in [-0.25, -0.2) is 0 Å². The van der Waals surface area contributed by atoms with Crippen LogP contribution in [0.2, 0.25) is 0 Å². The monoisotopic (exact) mass is 194 g/mol. The van der Waals surface area contributed by atoms with Crippen molar-refractivity contribution in [1.82, 2.24) is 15.1 Å². The van der Waals surface area contributed by atoms with Gasteiger partial charge >= 0.3 is 0 Å². The Bertz CT molecular complexity index is 325. The van der Waals surface area contributed by atoms with Crippen molar-refractivity contribution < 1.29 is 0 Å². The summed E-state index contributed by atoms with van der Waals surface area (Å²) in [5.41, 5.74) is 2.60. The minimum Gasteiger partial charge on any atom is -0.357 e. The highest BCUT2D eigenvalue weighted by Gasteiger charge is 2.22. The molecule has 0 spiro atoms. The van der Waals surface area contributed by atoms with Crippen molar-refractivity contribution in [3.05, 3.63) is 11.3 Å². The number of nitrogens with zero attached hydrogens (tertiary/aromatic N) is 3. The molecular formula is C10H18N4. The molecule has 1 aliphatic rings. The Morgan fingerprint density at radius 1 is 1.36 bits per heavy atom. The second-order valence-electron chi connectivity index (χ2n) is 3.65.